The minimum atomic E-state index is -2.91. The summed E-state index contributed by atoms with van der Waals surface area (Å²) in [5.41, 5.74) is 2.96. The third-order valence-electron chi connectivity index (χ3n) is 9.58. The van der Waals surface area contributed by atoms with Crippen molar-refractivity contribution < 1.29 is 41.4 Å². The number of fused-ring (bicyclic) bond motifs is 4. The summed E-state index contributed by atoms with van der Waals surface area (Å²) in [5.74, 6) is 0.307. The lowest BCUT2D eigenvalue weighted by molar-refractivity contribution is -0.0504. The number of benzene rings is 2. The van der Waals surface area contributed by atoms with E-state index in [1.807, 2.05) is 41.5 Å². The quantitative estimate of drug-likeness (QED) is 0.0569. The second-order valence-electron chi connectivity index (χ2n) is 18.6. The summed E-state index contributed by atoms with van der Waals surface area (Å²) in [5, 5.41) is 15.7. The highest BCUT2D eigenvalue weighted by Crippen LogP contribution is 2.27. The third-order valence-corrected chi connectivity index (χ3v) is 11.3. The Morgan fingerprint density at radius 1 is 0.727 bits per heavy atom. The highest BCUT2D eigenvalue weighted by molar-refractivity contribution is 6.76. The van der Waals surface area contributed by atoms with E-state index in [2.05, 4.69) is 69.9 Å². The second kappa shape index (κ2) is 18.5. The SMILES string of the molecule is CC(C)(C)NC(=O)c1c[nH]c2ncc(-n3ncc4cc(OC(F)F)ccc43)nc12.CC(C)(C)NC(=O)c1cn(COCC[Si](C)(C)C)c2ncc(-n3ncc4cc(OC(F)F)ccc43)nc12. The summed E-state index contributed by atoms with van der Waals surface area (Å²) in [4.78, 5) is 46.9. The van der Waals surface area contributed by atoms with Gasteiger partial charge in [-0.3, -0.25) is 9.59 Å². The molecule has 0 atom stereocenters. The molecule has 22 heteroatoms. The van der Waals surface area contributed by atoms with Crippen molar-refractivity contribution in [2.75, 3.05) is 6.61 Å². The molecule has 0 spiro atoms. The molecule has 66 heavy (non-hydrogen) atoms. The number of carbonyl (C=O) groups is 2. The molecule has 8 aromatic rings. The topological polar surface area (TPSA) is 194 Å². The van der Waals surface area contributed by atoms with Gasteiger partial charge in [0.25, 0.3) is 11.8 Å². The van der Waals surface area contributed by atoms with Crippen LogP contribution in [0.1, 0.15) is 62.3 Å². The molecule has 0 aliphatic rings. The van der Waals surface area contributed by atoms with Crippen LogP contribution in [0.2, 0.25) is 25.7 Å². The molecule has 17 nitrogen and oxygen atoms in total. The number of nitrogens with one attached hydrogen (secondary N) is 3. The Morgan fingerprint density at radius 3 is 1.76 bits per heavy atom. The number of aromatic nitrogens is 10. The zero-order chi connectivity index (χ0) is 47.7. The van der Waals surface area contributed by atoms with Crippen molar-refractivity contribution in [2.24, 2.45) is 0 Å². The maximum atomic E-state index is 13.2. The first kappa shape index (κ1) is 47.0. The second-order valence-corrected chi connectivity index (χ2v) is 24.2. The first-order valence-corrected chi connectivity index (χ1v) is 24.5. The number of amides is 2. The number of ether oxygens (including phenoxy) is 3. The molecule has 0 saturated carbocycles. The van der Waals surface area contributed by atoms with Gasteiger partial charge in [-0.1, -0.05) is 19.6 Å². The number of carbonyl (C=O) groups excluding carboxylic acids is 2. The van der Waals surface area contributed by atoms with E-state index >= 15 is 0 Å². The number of nitrogens with zero attached hydrogens (tertiary/aromatic N) is 9. The van der Waals surface area contributed by atoms with Crippen LogP contribution in [-0.2, 0) is 11.5 Å². The van der Waals surface area contributed by atoms with E-state index in [1.54, 1.807) is 40.0 Å². The predicted octanol–water partition coefficient (Wildman–Crippen LogP) is 8.64. The molecular formula is C44H50F4N12O5Si. The first-order chi connectivity index (χ1) is 31.0. The Hall–Kier alpha value is -6.94. The Labute approximate surface area is 376 Å². The molecule has 0 aliphatic carbocycles. The van der Waals surface area contributed by atoms with Crippen LogP contribution in [0.5, 0.6) is 11.5 Å². The normalized spacial score (nSPS) is 12.3. The molecule has 6 heterocycles. The zero-order valence-electron chi connectivity index (χ0n) is 37.8. The molecule has 2 aromatic carbocycles. The molecule has 0 radical (unpaired) electrons. The van der Waals surface area contributed by atoms with Gasteiger partial charge in [-0.05, 0) is 84.0 Å². The average molecular weight is 931 g/mol. The maximum absolute atomic E-state index is 13.2. The minimum Gasteiger partial charge on any atom is -0.435 e. The Balaban J connectivity index is 0.000000202. The lowest BCUT2D eigenvalue weighted by atomic mass is 10.1. The molecule has 0 aliphatic heterocycles. The van der Waals surface area contributed by atoms with Crippen molar-refractivity contribution in [3.05, 3.63) is 84.7 Å². The molecule has 0 fully saturated rings. The number of aromatic amines is 1. The molecule has 0 bridgehead atoms. The van der Waals surface area contributed by atoms with Crippen molar-refractivity contribution in [3.8, 4) is 23.1 Å². The van der Waals surface area contributed by atoms with Gasteiger partial charge >= 0.3 is 13.2 Å². The molecule has 2 amide bonds. The van der Waals surface area contributed by atoms with Gasteiger partial charge < -0.3 is 34.4 Å². The van der Waals surface area contributed by atoms with Gasteiger partial charge in [0.15, 0.2) is 22.9 Å². The number of H-pyrrole nitrogens is 1. The predicted molar refractivity (Wildman–Crippen MR) is 242 cm³/mol. The third kappa shape index (κ3) is 11.3. The molecular weight excluding hydrogens is 881 g/mol. The van der Waals surface area contributed by atoms with Gasteiger partial charge in [0.1, 0.15) is 29.3 Å². The maximum Gasteiger partial charge on any atom is 0.387 e. The monoisotopic (exact) mass is 930 g/mol. The minimum absolute atomic E-state index is 0.0379. The first-order valence-electron chi connectivity index (χ1n) is 20.8. The largest absolute Gasteiger partial charge is 0.435 e. The highest BCUT2D eigenvalue weighted by atomic mass is 28.3. The highest BCUT2D eigenvalue weighted by Gasteiger charge is 2.24. The van der Waals surface area contributed by atoms with E-state index in [0.29, 0.717) is 73.5 Å². The van der Waals surface area contributed by atoms with Crippen molar-refractivity contribution in [1.82, 2.24) is 59.7 Å². The number of halogens is 4. The van der Waals surface area contributed by atoms with E-state index in [9.17, 15) is 27.2 Å². The molecule has 0 unspecified atom stereocenters. The van der Waals surface area contributed by atoms with Crippen LogP contribution in [0.15, 0.2) is 73.6 Å². The lowest BCUT2D eigenvalue weighted by Crippen LogP contribution is -2.40. The van der Waals surface area contributed by atoms with Gasteiger partial charge in [-0.25, -0.2) is 29.3 Å². The molecule has 348 valence electrons. The Bertz CT molecular complexity index is 3040. The fourth-order valence-electron chi connectivity index (χ4n) is 6.66. The van der Waals surface area contributed by atoms with Gasteiger partial charge in [0.2, 0.25) is 0 Å². The number of hydrogen-bond donors (Lipinski definition) is 3. The average Bonchev–Trinajstić information content (AvgIpc) is 4.01. The van der Waals surface area contributed by atoms with Crippen molar-refractivity contribution in [3.63, 3.8) is 0 Å². The van der Waals surface area contributed by atoms with Crippen LogP contribution >= 0.6 is 0 Å². The van der Waals surface area contributed by atoms with Gasteiger partial charge in [0, 0.05) is 48.9 Å². The zero-order valence-corrected chi connectivity index (χ0v) is 38.8. The molecule has 3 N–H and O–H groups in total. The van der Waals surface area contributed by atoms with Gasteiger partial charge in [0.05, 0.1) is 46.9 Å². The number of alkyl halides is 4. The fourth-order valence-corrected chi connectivity index (χ4v) is 7.42. The van der Waals surface area contributed by atoms with Crippen LogP contribution in [0.3, 0.4) is 0 Å². The van der Waals surface area contributed by atoms with Crippen LogP contribution in [-0.4, -0.2) is 99.8 Å². The van der Waals surface area contributed by atoms with E-state index in [0.717, 1.165) is 6.04 Å². The van der Waals surface area contributed by atoms with Crippen LogP contribution in [0.4, 0.5) is 17.6 Å². The lowest BCUT2D eigenvalue weighted by Gasteiger charge is -2.20. The number of rotatable bonds is 13. The van der Waals surface area contributed by atoms with Crippen molar-refractivity contribution >= 4 is 64.0 Å². The Morgan fingerprint density at radius 2 is 1.24 bits per heavy atom. The van der Waals surface area contributed by atoms with Crippen molar-refractivity contribution in [2.45, 2.75) is 98.3 Å². The van der Waals surface area contributed by atoms with E-state index in [-0.39, 0.29) is 30.0 Å². The van der Waals surface area contributed by atoms with E-state index in [1.165, 1.54) is 47.5 Å². The summed E-state index contributed by atoms with van der Waals surface area (Å²) in [7, 11) is -1.24. The number of hydrogen-bond acceptors (Lipinski definition) is 11. The molecule has 8 rings (SSSR count). The van der Waals surface area contributed by atoms with Gasteiger partial charge in [-0.2, -0.15) is 27.8 Å². The summed E-state index contributed by atoms with van der Waals surface area (Å²) < 4.78 is 69.7. The van der Waals surface area contributed by atoms with Gasteiger partial charge in [-0.15, -0.1) is 0 Å². The molecule has 0 saturated heterocycles. The summed E-state index contributed by atoms with van der Waals surface area (Å²) >= 11 is 0. The van der Waals surface area contributed by atoms with E-state index < -0.39 is 32.4 Å². The van der Waals surface area contributed by atoms with Crippen LogP contribution in [0, 0.1) is 0 Å². The van der Waals surface area contributed by atoms with E-state index in [4.69, 9.17) is 9.72 Å². The smallest absolute Gasteiger partial charge is 0.387 e. The summed E-state index contributed by atoms with van der Waals surface area (Å²) in [6, 6.07) is 10.1. The fraction of sp³-hybridized carbons (Fsp3) is 0.364. The summed E-state index contributed by atoms with van der Waals surface area (Å²) in [6.45, 7) is 13.3. The Kier molecular flexibility index (Phi) is 13.2. The standard InChI is InChI=1S/C25H32F2N6O3Si.C19H18F2N6O2/c1-25(2,3)31-23(34)18-14-32(15-35-9-10-37(4,5)6)22-21(18)30-20(13-28-22)33-19-8-7-17(36-24(26)27)11-16(19)12-29-33;1-19(2,3)26-17(28)12-8-22-16-15(12)25-14(9-23-16)27-13-5-4-11(29-18(20)21)6-10(13)7-24-27/h7-8,11-14,24H,9-10,15H2,1-6H3,(H,31,34);4-9,18H,1-3H3,(H,22,23)(H,26,28). The van der Waals surface area contributed by atoms with Crippen LogP contribution in [0.25, 0.3) is 55.8 Å². The summed E-state index contributed by atoms with van der Waals surface area (Å²) in [6.07, 6.45) is 9.39. The van der Waals surface area contributed by atoms with Crippen molar-refractivity contribution in [1.29, 1.82) is 0 Å². The molecule has 6 aromatic heterocycles. The van der Waals surface area contributed by atoms with Crippen LogP contribution < -0.4 is 20.1 Å².